The van der Waals surface area contributed by atoms with E-state index >= 15 is 0 Å². The number of para-hydroxylation sites is 3. The maximum Gasteiger partial charge on any atom is 0.338 e. The molecule has 6 aromatic carbocycles. The van der Waals surface area contributed by atoms with Gasteiger partial charge in [0.2, 0.25) is 16.1 Å². The van der Waals surface area contributed by atoms with Crippen LogP contribution in [0.5, 0.6) is 40.2 Å². The number of carboxylic acids is 1. The lowest BCUT2D eigenvalue weighted by Crippen LogP contribution is -2.09. The number of aryl methyl sites for hydroxylation is 3. The molecule has 17 heteroatoms. The Hall–Kier alpha value is -8.76. The number of hydrogen-bond acceptors (Lipinski definition) is 13. The first kappa shape index (κ1) is 50.9. The molecular weight excluding hydrogens is 886 g/mol. The quantitative estimate of drug-likeness (QED) is 0.0197. The molecule has 11 N–H and O–H groups in total. The summed E-state index contributed by atoms with van der Waals surface area (Å²) in [6.45, 7) is 15.4. The second-order valence-electron chi connectivity index (χ2n) is 14.9. The van der Waals surface area contributed by atoms with E-state index in [1.807, 2.05) is 26.0 Å². The second-order valence-corrected chi connectivity index (χ2v) is 15.3. The Bertz CT molecular complexity index is 3310. The number of nitrogen functional groups attached to an aromatic ring is 1. The number of carbonyl (C=O) groups excluding carboxylic acids is 2. The Morgan fingerprint density at radius 3 is 1.42 bits per heavy atom. The molecule has 8 rings (SSSR count). The third-order valence-electron chi connectivity index (χ3n) is 9.54. The molecule has 0 unspecified atom stereocenters. The Kier molecular flexibility index (Phi) is 16.5. The van der Waals surface area contributed by atoms with Crippen molar-refractivity contribution in [3.05, 3.63) is 164 Å². The monoisotopic (exact) mass is 931 g/mol. The molecule has 0 aliphatic carbocycles. The van der Waals surface area contributed by atoms with E-state index in [-0.39, 0.29) is 73.0 Å². The Labute approximate surface area is 386 Å². The number of aromatic amines is 2. The zero-order chi connectivity index (χ0) is 50.0. The lowest BCUT2D eigenvalue weighted by atomic mass is 10.1. The number of aromatic carboxylic acids is 1. The minimum atomic E-state index is -0.980. The number of allylic oxidation sites excluding steroid dienone is 1. The summed E-state index contributed by atoms with van der Waals surface area (Å²) in [4.78, 5) is 63.0. The highest BCUT2D eigenvalue weighted by Crippen LogP contribution is 2.31. The molecular formula is C50H46ClN3O13. The minimum Gasteiger partial charge on any atom is -0.508 e. The number of hydrogen-bond donors (Lipinski definition) is 10. The highest BCUT2D eigenvalue weighted by molar-refractivity contribution is 6.67. The van der Waals surface area contributed by atoms with Gasteiger partial charge < -0.3 is 56.2 Å². The number of phenols is 6. The van der Waals surface area contributed by atoms with Crippen LogP contribution in [-0.2, 0) is 9.59 Å². The van der Waals surface area contributed by atoms with Crippen LogP contribution >= 0.6 is 11.6 Å². The molecule has 16 nitrogen and oxygen atoms in total. The van der Waals surface area contributed by atoms with Gasteiger partial charge in [0.05, 0.1) is 38.4 Å². The number of benzene rings is 6. The van der Waals surface area contributed by atoms with Gasteiger partial charge in [0.1, 0.15) is 40.2 Å². The average molecular weight is 932 g/mol. The molecule has 0 bridgehead atoms. The van der Waals surface area contributed by atoms with E-state index in [2.05, 4.69) is 23.1 Å². The number of H-pyrrole nitrogens is 2. The number of ether oxygens (including phenoxy) is 1. The zero-order valence-electron chi connectivity index (χ0n) is 36.7. The standard InChI is InChI=1S/C18H15NO4.C14H11NO3.C8H9NO2.C6H6O3.C4H5ClO/c1-9(2)18(22)23-11-7-13-15(14(20)8-11)17(21)12-6-4-5-10(3)16(12)19-13;1-7-3-2-4-9-13(7)15-10-5-8(16)6-11(17)12(10)14(9)18;1-5-3-2-4-6(7(5)9)8(10)11;7-4-1-5(8)3-6(9)2-4;1-3(2)4(5)6/h4-8,20H,1H2,2-3H3,(H,19,21);2-6,16-17H,1H3,(H,15,18);2-4H,9H2,1H3,(H,10,11);1-3,7-9H;1H2,2H3. The SMILES string of the molecule is C=C(C)C(=O)Cl.C=C(C)C(=O)Oc1cc(O)c2c(=O)c3cccc(C)c3[nH]c2c1.Cc1cccc(C(=O)O)c1N.Cc1cccc2c(=O)c3c(O)cc(O)cc3[nH]c12.Oc1cc(O)cc(O)c1. The number of halogens is 1. The number of carboxylic acid groups (broad SMARTS) is 1. The average Bonchev–Trinajstić information content (AvgIpc) is 3.22. The first-order valence-electron chi connectivity index (χ1n) is 19.7. The van der Waals surface area contributed by atoms with Crippen LogP contribution in [0.3, 0.4) is 0 Å². The molecule has 0 radical (unpaired) electrons. The molecule has 346 valence electrons. The summed E-state index contributed by atoms with van der Waals surface area (Å²) in [6.07, 6.45) is 0. The van der Waals surface area contributed by atoms with Crippen molar-refractivity contribution in [1.82, 2.24) is 9.97 Å². The van der Waals surface area contributed by atoms with Crippen molar-refractivity contribution in [3.63, 3.8) is 0 Å². The van der Waals surface area contributed by atoms with Crippen LogP contribution in [0.2, 0.25) is 0 Å². The van der Waals surface area contributed by atoms with Crippen LogP contribution in [0.1, 0.15) is 40.9 Å². The minimum absolute atomic E-state index is 0.0800. The van der Waals surface area contributed by atoms with Crippen molar-refractivity contribution in [1.29, 1.82) is 0 Å². The van der Waals surface area contributed by atoms with Crippen LogP contribution in [0.25, 0.3) is 43.6 Å². The van der Waals surface area contributed by atoms with Gasteiger partial charge in [-0.05, 0) is 81.1 Å². The number of nitrogens with one attached hydrogen (secondary N) is 2. The fourth-order valence-corrected chi connectivity index (χ4v) is 6.17. The summed E-state index contributed by atoms with van der Waals surface area (Å²) >= 11 is 4.87. The van der Waals surface area contributed by atoms with Gasteiger partial charge in [0.15, 0.2) is 0 Å². The molecule has 0 atom stereocenters. The molecule has 0 spiro atoms. The summed E-state index contributed by atoms with van der Waals surface area (Å²) in [5.74, 6) is -2.40. The molecule has 2 aromatic heterocycles. The van der Waals surface area contributed by atoms with Gasteiger partial charge in [-0.1, -0.05) is 49.6 Å². The van der Waals surface area contributed by atoms with Gasteiger partial charge in [-0.3, -0.25) is 14.4 Å². The van der Waals surface area contributed by atoms with Crippen LogP contribution in [-0.4, -0.2) is 62.9 Å². The van der Waals surface area contributed by atoms with Crippen LogP contribution < -0.4 is 21.3 Å². The van der Waals surface area contributed by atoms with Crippen molar-refractivity contribution in [2.45, 2.75) is 34.6 Å². The predicted molar refractivity (Wildman–Crippen MR) is 259 cm³/mol. The zero-order valence-corrected chi connectivity index (χ0v) is 37.4. The van der Waals surface area contributed by atoms with Crippen LogP contribution in [0.4, 0.5) is 5.69 Å². The van der Waals surface area contributed by atoms with E-state index in [0.29, 0.717) is 38.6 Å². The number of esters is 1. The summed E-state index contributed by atoms with van der Waals surface area (Å²) in [5, 5.41) is 65.0. The first-order chi connectivity index (χ1) is 31.4. The molecule has 0 saturated heterocycles. The molecule has 67 heavy (non-hydrogen) atoms. The van der Waals surface area contributed by atoms with Gasteiger partial charge in [0, 0.05) is 70.1 Å². The fraction of sp³-hybridized carbons (Fsp3) is 0.100. The van der Waals surface area contributed by atoms with Crippen LogP contribution in [0, 0.1) is 20.8 Å². The number of pyridine rings is 2. The second kappa shape index (κ2) is 21.7. The first-order valence-corrected chi connectivity index (χ1v) is 20.1. The van der Waals surface area contributed by atoms with Crippen molar-refractivity contribution in [3.8, 4) is 40.2 Å². The lowest BCUT2D eigenvalue weighted by Gasteiger charge is -2.09. The summed E-state index contributed by atoms with van der Waals surface area (Å²) in [5.41, 5.74) is 11.0. The van der Waals surface area contributed by atoms with Gasteiger partial charge in [-0.2, -0.15) is 0 Å². The number of phenolic OH excluding ortho intramolecular Hbond substituents is 6. The van der Waals surface area contributed by atoms with Gasteiger partial charge in [-0.15, -0.1) is 0 Å². The highest BCUT2D eigenvalue weighted by Gasteiger charge is 2.15. The number of anilines is 1. The molecule has 8 aromatic rings. The number of fused-ring (bicyclic) bond motifs is 4. The molecule has 2 heterocycles. The summed E-state index contributed by atoms with van der Waals surface area (Å²) in [7, 11) is 0. The van der Waals surface area contributed by atoms with E-state index in [4.69, 9.17) is 42.5 Å². The van der Waals surface area contributed by atoms with E-state index in [0.717, 1.165) is 40.4 Å². The Morgan fingerprint density at radius 2 is 1.00 bits per heavy atom. The number of aromatic nitrogens is 2. The lowest BCUT2D eigenvalue weighted by molar-refractivity contribution is -0.130. The van der Waals surface area contributed by atoms with E-state index < -0.39 is 17.2 Å². The number of carbonyl (C=O) groups is 3. The normalized spacial score (nSPS) is 10.2. The third-order valence-corrected chi connectivity index (χ3v) is 9.86. The number of rotatable bonds is 4. The summed E-state index contributed by atoms with van der Waals surface area (Å²) < 4.78 is 5.13. The van der Waals surface area contributed by atoms with Gasteiger partial charge >= 0.3 is 11.9 Å². The summed E-state index contributed by atoms with van der Waals surface area (Å²) in [6, 6.07) is 24.5. The molecule has 0 aliphatic rings. The largest absolute Gasteiger partial charge is 0.508 e. The third kappa shape index (κ3) is 12.7. The Morgan fingerprint density at radius 1 is 0.597 bits per heavy atom. The van der Waals surface area contributed by atoms with Crippen molar-refractivity contribution < 1.29 is 54.9 Å². The molecule has 0 amide bonds. The maximum absolute atomic E-state index is 12.6. The van der Waals surface area contributed by atoms with Crippen LogP contribution in [0.15, 0.2) is 131 Å². The van der Waals surface area contributed by atoms with Gasteiger partial charge in [-0.25, -0.2) is 9.59 Å². The smallest absolute Gasteiger partial charge is 0.338 e. The highest BCUT2D eigenvalue weighted by atomic mass is 35.5. The van der Waals surface area contributed by atoms with E-state index in [1.165, 1.54) is 37.3 Å². The fourth-order valence-electron chi connectivity index (χ4n) is 6.17. The Balaban J connectivity index is 0.000000197. The molecule has 0 fully saturated rings. The van der Waals surface area contributed by atoms with E-state index in [9.17, 15) is 39.3 Å². The molecule has 0 aliphatic heterocycles. The van der Waals surface area contributed by atoms with Gasteiger partial charge in [0.25, 0.3) is 0 Å². The number of aromatic hydroxyl groups is 6. The van der Waals surface area contributed by atoms with E-state index in [1.54, 1.807) is 50.2 Å². The van der Waals surface area contributed by atoms with Crippen molar-refractivity contribution in [2.75, 3.05) is 5.73 Å². The molecule has 0 saturated carbocycles. The van der Waals surface area contributed by atoms with Crippen molar-refractivity contribution >= 4 is 78.1 Å². The van der Waals surface area contributed by atoms with Crippen molar-refractivity contribution in [2.24, 2.45) is 0 Å². The maximum atomic E-state index is 12.6. The topological polar surface area (TPSA) is 294 Å². The number of nitrogens with two attached hydrogens (primary N) is 1. The predicted octanol–water partition coefficient (Wildman–Crippen LogP) is 8.98.